The Balaban J connectivity index is 2.54. The van der Waals surface area contributed by atoms with Gasteiger partial charge in [-0.05, 0) is 18.7 Å². The molecule has 1 aromatic rings. The summed E-state index contributed by atoms with van der Waals surface area (Å²) in [6.45, 7) is 7.41. The molecule has 0 aliphatic rings. The summed E-state index contributed by atoms with van der Waals surface area (Å²) >= 11 is 0. The van der Waals surface area contributed by atoms with Crippen molar-refractivity contribution in [2.45, 2.75) is 19.9 Å². The van der Waals surface area contributed by atoms with Gasteiger partial charge in [0.2, 0.25) is 0 Å². The summed E-state index contributed by atoms with van der Waals surface area (Å²) in [5.41, 5.74) is 7.33. The zero-order valence-electron chi connectivity index (χ0n) is 9.11. The second-order valence-corrected chi connectivity index (χ2v) is 3.50. The molecule has 0 amide bonds. The molecule has 0 fully saturated rings. The molecule has 2 nitrogen and oxygen atoms in total. The van der Waals surface area contributed by atoms with Gasteiger partial charge in [0, 0.05) is 12.6 Å². The third-order valence-electron chi connectivity index (χ3n) is 2.58. The Labute approximate surface area is 86.7 Å². The molecule has 0 radical (unpaired) electrons. The minimum absolute atomic E-state index is 0.135. The maximum Gasteiger partial charge on any atom is 0.0424 e. The van der Waals surface area contributed by atoms with Crippen molar-refractivity contribution in [3.05, 3.63) is 35.9 Å². The fraction of sp³-hybridized carbons (Fsp3) is 0.500. The third-order valence-corrected chi connectivity index (χ3v) is 2.58. The summed E-state index contributed by atoms with van der Waals surface area (Å²) in [5.74, 6) is 0. The van der Waals surface area contributed by atoms with Crippen LogP contribution in [0, 0.1) is 0 Å². The number of nitrogens with two attached hydrogens (primary N) is 1. The minimum Gasteiger partial charge on any atom is -0.323 e. The van der Waals surface area contributed by atoms with Crippen LogP contribution < -0.4 is 5.73 Å². The normalized spacial score (nSPS) is 13.1. The number of hydrogen-bond acceptors (Lipinski definition) is 2. The predicted octanol–water partition coefficient (Wildman–Crippen LogP) is 2.03. The molecule has 1 atom stereocenters. The van der Waals surface area contributed by atoms with Gasteiger partial charge in [-0.2, -0.15) is 0 Å². The Morgan fingerprint density at radius 1 is 1.14 bits per heavy atom. The topological polar surface area (TPSA) is 29.3 Å². The van der Waals surface area contributed by atoms with Gasteiger partial charge in [0.15, 0.2) is 0 Å². The first-order chi connectivity index (χ1) is 6.77. The van der Waals surface area contributed by atoms with Crippen molar-refractivity contribution in [1.29, 1.82) is 0 Å². The molecule has 0 bridgehead atoms. The van der Waals surface area contributed by atoms with E-state index in [4.69, 9.17) is 5.73 Å². The van der Waals surface area contributed by atoms with Crippen LogP contribution >= 0.6 is 0 Å². The van der Waals surface area contributed by atoms with Gasteiger partial charge in [-0.15, -0.1) is 0 Å². The third kappa shape index (κ3) is 3.13. The van der Waals surface area contributed by atoms with Crippen LogP contribution in [-0.4, -0.2) is 24.5 Å². The summed E-state index contributed by atoms with van der Waals surface area (Å²) in [5, 5.41) is 0. The van der Waals surface area contributed by atoms with Crippen molar-refractivity contribution in [2.24, 2.45) is 5.73 Å². The van der Waals surface area contributed by atoms with E-state index < -0.39 is 0 Å². The molecule has 78 valence electrons. The van der Waals surface area contributed by atoms with Crippen LogP contribution in [0.5, 0.6) is 0 Å². The van der Waals surface area contributed by atoms with E-state index in [0.29, 0.717) is 0 Å². The maximum absolute atomic E-state index is 6.11. The molecule has 0 unspecified atom stereocenters. The van der Waals surface area contributed by atoms with Crippen LogP contribution in [0.2, 0.25) is 0 Å². The molecule has 14 heavy (non-hydrogen) atoms. The highest BCUT2D eigenvalue weighted by Crippen LogP contribution is 2.10. The Morgan fingerprint density at radius 3 is 2.21 bits per heavy atom. The molecule has 0 heterocycles. The SMILES string of the molecule is CCN(CC)C[C@@H](N)c1ccccc1. The van der Waals surface area contributed by atoms with Gasteiger partial charge in [-0.1, -0.05) is 44.2 Å². The largest absolute Gasteiger partial charge is 0.323 e. The van der Waals surface area contributed by atoms with Crippen LogP contribution in [0.4, 0.5) is 0 Å². The summed E-state index contributed by atoms with van der Waals surface area (Å²) in [6.07, 6.45) is 0. The van der Waals surface area contributed by atoms with E-state index in [2.05, 4.69) is 30.9 Å². The lowest BCUT2D eigenvalue weighted by atomic mass is 10.1. The zero-order chi connectivity index (χ0) is 10.4. The lowest BCUT2D eigenvalue weighted by molar-refractivity contribution is 0.284. The zero-order valence-corrected chi connectivity index (χ0v) is 9.11. The molecule has 0 spiro atoms. The molecule has 1 aromatic carbocycles. The van der Waals surface area contributed by atoms with E-state index in [1.165, 1.54) is 5.56 Å². The summed E-state index contributed by atoms with van der Waals surface area (Å²) in [4.78, 5) is 2.34. The fourth-order valence-electron chi connectivity index (χ4n) is 1.57. The van der Waals surface area contributed by atoms with E-state index >= 15 is 0 Å². The molecule has 0 aliphatic carbocycles. The second kappa shape index (κ2) is 5.78. The Kier molecular flexibility index (Phi) is 4.63. The quantitative estimate of drug-likeness (QED) is 0.773. The van der Waals surface area contributed by atoms with E-state index in [0.717, 1.165) is 19.6 Å². The first-order valence-electron chi connectivity index (χ1n) is 5.30. The van der Waals surface area contributed by atoms with Gasteiger partial charge in [-0.25, -0.2) is 0 Å². The van der Waals surface area contributed by atoms with Gasteiger partial charge in [-0.3, -0.25) is 0 Å². The van der Waals surface area contributed by atoms with Gasteiger partial charge in [0.1, 0.15) is 0 Å². The Morgan fingerprint density at radius 2 is 1.71 bits per heavy atom. The Hall–Kier alpha value is -0.860. The Bertz CT molecular complexity index is 242. The lowest BCUT2D eigenvalue weighted by Crippen LogP contribution is -2.31. The van der Waals surface area contributed by atoms with Gasteiger partial charge >= 0.3 is 0 Å². The molecule has 0 aromatic heterocycles. The van der Waals surface area contributed by atoms with E-state index in [1.54, 1.807) is 0 Å². The molecular formula is C12H20N2. The van der Waals surface area contributed by atoms with Crippen molar-refractivity contribution in [2.75, 3.05) is 19.6 Å². The monoisotopic (exact) mass is 192 g/mol. The first-order valence-corrected chi connectivity index (χ1v) is 5.30. The van der Waals surface area contributed by atoms with Crippen LogP contribution in [0.1, 0.15) is 25.5 Å². The van der Waals surface area contributed by atoms with E-state index in [9.17, 15) is 0 Å². The second-order valence-electron chi connectivity index (χ2n) is 3.50. The summed E-state index contributed by atoms with van der Waals surface area (Å²) < 4.78 is 0. The van der Waals surface area contributed by atoms with E-state index in [1.807, 2.05) is 18.2 Å². The van der Waals surface area contributed by atoms with Crippen LogP contribution in [0.25, 0.3) is 0 Å². The fourth-order valence-corrected chi connectivity index (χ4v) is 1.57. The van der Waals surface area contributed by atoms with Gasteiger partial charge in [0.05, 0.1) is 0 Å². The van der Waals surface area contributed by atoms with Crippen molar-refractivity contribution >= 4 is 0 Å². The molecule has 0 saturated heterocycles. The van der Waals surface area contributed by atoms with Crippen LogP contribution in [0.15, 0.2) is 30.3 Å². The number of hydrogen-bond donors (Lipinski definition) is 1. The summed E-state index contributed by atoms with van der Waals surface area (Å²) in [6, 6.07) is 10.4. The highest BCUT2D eigenvalue weighted by atomic mass is 15.1. The lowest BCUT2D eigenvalue weighted by Gasteiger charge is -2.22. The number of likely N-dealkylation sites (N-methyl/N-ethyl adjacent to an activating group) is 1. The van der Waals surface area contributed by atoms with Crippen molar-refractivity contribution < 1.29 is 0 Å². The molecule has 2 N–H and O–H groups in total. The maximum atomic E-state index is 6.11. The molecular weight excluding hydrogens is 172 g/mol. The van der Waals surface area contributed by atoms with Crippen LogP contribution in [-0.2, 0) is 0 Å². The first kappa shape index (κ1) is 11.2. The van der Waals surface area contributed by atoms with Crippen LogP contribution in [0.3, 0.4) is 0 Å². The van der Waals surface area contributed by atoms with Crippen molar-refractivity contribution in [3.8, 4) is 0 Å². The predicted molar refractivity (Wildman–Crippen MR) is 61.2 cm³/mol. The molecule has 0 aliphatic heterocycles. The smallest absolute Gasteiger partial charge is 0.0424 e. The number of nitrogens with zero attached hydrogens (tertiary/aromatic N) is 1. The minimum atomic E-state index is 0.135. The van der Waals surface area contributed by atoms with Crippen molar-refractivity contribution in [1.82, 2.24) is 4.90 Å². The van der Waals surface area contributed by atoms with Gasteiger partial charge in [0.25, 0.3) is 0 Å². The average molecular weight is 192 g/mol. The average Bonchev–Trinajstić information content (AvgIpc) is 2.26. The highest BCUT2D eigenvalue weighted by molar-refractivity contribution is 5.18. The summed E-state index contributed by atoms with van der Waals surface area (Å²) in [7, 11) is 0. The molecule has 0 saturated carbocycles. The highest BCUT2D eigenvalue weighted by Gasteiger charge is 2.08. The number of rotatable bonds is 5. The molecule has 2 heteroatoms. The molecule has 1 rings (SSSR count). The van der Waals surface area contributed by atoms with E-state index in [-0.39, 0.29) is 6.04 Å². The van der Waals surface area contributed by atoms with Gasteiger partial charge < -0.3 is 10.6 Å². The van der Waals surface area contributed by atoms with Crippen molar-refractivity contribution in [3.63, 3.8) is 0 Å². The standard InChI is InChI=1S/C12H20N2/c1-3-14(4-2)10-12(13)11-8-6-5-7-9-11/h5-9,12H,3-4,10,13H2,1-2H3/t12-/m1/s1. The number of benzene rings is 1.